The van der Waals surface area contributed by atoms with E-state index >= 15 is 0 Å². The van der Waals surface area contributed by atoms with Crippen molar-refractivity contribution < 1.29 is 9.90 Å². The summed E-state index contributed by atoms with van der Waals surface area (Å²) < 4.78 is 0. The topological polar surface area (TPSA) is 78.4 Å². The van der Waals surface area contributed by atoms with Crippen LogP contribution >= 0.6 is 0 Å². The first-order chi connectivity index (χ1) is 12.1. The third kappa shape index (κ3) is 3.58. The van der Waals surface area contributed by atoms with Crippen molar-refractivity contribution >= 4 is 22.7 Å². The molecule has 4 rings (SSSR count). The lowest BCUT2D eigenvalue weighted by atomic mass is 9.85. The smallest absolute Gasteiger partial charge is 0.317 e. The summed E-state index contributed by atoms with van der Waals surface area (Å²) in [5, 5.41) is 13.8. The van der Waals surface area contributed by atoms with Gasteiger partial charge in [-0.15, -0.1) is 0 Å². The van der Waals surface area contributed by atoms with Gasteiger partial charge in [0.15, 0.2) is 0 Å². The Kier molecular flexibility index (Phi) is 4.29. The molecule has 2 aliphatic rings. The van der Waals surface area contributed by atoms with E-state index in [1.165, 1.54) is 12.8 Å². The van der Waals surface area contributed by atoms with Crippen LogP contribution in [-0.4, -0.2) is 51.1 Å². The number of carboxylic acid groups (broad SMARTS) is 1. The van der Waals surface area contributed by atoms with E-state index in [1.807, 2.05) is 12.1 Å². The summed E-state index contributed by atoms with van der Waals surface area (Å²) in [5.41, 5.74) is 2.12. The average Bonchev–Trinajstić information content (AvgIpc) is 3.33. The van der Waals surface area contributed by atoms with Crippen LogP contribution in [0.2, 0.25) is 0 Å². The summed E-state index contributed by atoms with van der Waals surface area (Å²) in [6.45, 7) is 3.16. The third-order valence-electron chi connectivity index (χ3n) is 5.37. The van der Waals surface area contributed by atoms with E-state index < -0.39 is 5.97 Å². The van der Waals surface area contributed by atoms with Crippen LogP contribution in [0.15, 0.2) is 24.5 Å². The first-order valence-electron chi connectivity index (χ1n) is 9.03. The van der Waals surface area contributed by atoms with Crippen LogP contribution in [0.5, 0.6) is 0 Å². The third-order valence-corrected chi connectivity index (χ3v) is 5.37. The highest BCUT2D eigenvalue weighted by molar-refractivity contribution is 5.91. The van der Waals surface area contributed by atoms with E-state index in [-0.39, 0.29) is 6.54 Å². The SMILES string of the molecule is Cc1cccc2ncnc(NC3CC(N(CC(=O)O)CC4CC4)C3)c12. The number of carbonyl (C=O) groups is 1. The number of aromatic nitrogens is 2. The molecule has 6 heteroatoms. The van der Waals surface area contributed by atoms with Crippen molar-refractivity contribution in [3.8, 4) is 0 Å². The molecule has 2 saturated carbocycles. The molecule has 0 unspecified atom stereocenters. The minimum absolute atomic E-state index is 0.156. The summed E-state index contributed by atoms with van der Waals surface area (Å²) in [6, 6.07) is 6.80. The maximum atomic E-state index is 11.1. The number of aryl methyl sites for hydroxylation is 1. The van der Waals surface area contributed by atoms with E-state index in [4.69, 9.17) is 5.11 Å². The lowest BCUT2D eigenvalue weighted by Gasteiger charge is -2.43. The number of carboxylic acids is 1. The average molecular weight is 340 g/mol. The van der Waals surface area contributed by atoms with Crippen molar-refractivity contribution in [2.75, 3.05) is 18.4 Å². The lowest BCUT2D eigenvalue weighted by molar-refractivity contribution is -0.139. The zero-order valence-electron chi connectivity index (χ0n) is 14.5. The monoisotopic (exact) mass is 340 g/mol. The number of hydrogen-bond donors (Lipinski definition) is 2. The van der Waals surface area contributed by atoms with Crippen LogP contribution in [0.4, 0.5) is 5.82 Å². The minimum atomic E-state index is -0.727. The molecule has 1 heterocycles. The molecule has 1 aromatic carbocycles. The van der Waals surface area contributed by atoms with Gasteiger partial charge in [0.25, 0.3) is 0 Å². The van der Waals surface area contributed by atoms with Crippen molar-refractivity contribution in [3.05, 3.63) is 30.1 Å². The Morgan fingerprint density at radius 3 is 2.84 bits per heavy atom. The molecule has 6 nitrogen and oxygen atoms in total. The van der Waals surface area contributed by atoms with Gasteiger partial charge < -0.3 is 10.4 Å². The van der Waals surface area contributed by atoms with Gasteiger partial charge >= 0.3 is 5.97 Å². The molecule has 2 N–H and O–H groups in total. The number of nitrogens with one attached hydrogen (secondary N) is 1. The summed E-state index contributed by atoms with van der Waals surface area (Å²) in [4.78, 5) is 22.1. The maximum absolute atomic E-state index is 11.1. The Morgan fingerprint density at radius 2 is 2.12 bits per heavy atom. The molecule has 132 valence electrons. The van der Waals surface area contributed by atoms with Crippen LogP contribution in [-0.2, 0) is 4.79 Å². The van der Waals surface area contributed by atoms with E-state index in [0.29, 0.717) is 18.0 Å². The highest BCUT2D eigenvalue weighted by Crippen LogP contribution is 2.35. The highest BCUT2D eigenvalue weighted by Gasteiger charge is 2.37. The summed E-state index contributed by atoms with van der Waals surface area (Å²) >= 11 is 0. The summed E-state index contributed by atoms with van der Waals surface area (Å²) in [7, 11) is 0. The number of fused-ring (bicyclic) bond motifs is 1. The van der Waals surface area contributed by atoms with Crippen molar-refractivity contribution in [2.24, 2.45) is 5.92 Å². The van der Waals surface area contributed by atoms with Gasteiger partial charge in [-0.25, -0.2) is 9.97 Å². The number of anilines is 1. The minimum Gasteiger partial charge on any atom is -0.480 e. The molecule has 2 fully saturated rings. The molecule has 0 spiro atoms. The molecule has 0 atom stereocenters. The Hall–Kier alpha value is -2.21. The molecular weight excluding hydrogens is 316 g/mol. The van der Waals surface area contributed by atoms with Crippen LogP contribution < -0.4 is 5.32 Å². The van der Waals surface area contributed by atoms with Crippen molar-refractivity contribution in [2.45, 2.75) is 44.7 Å². The van der Waals surface area contributed by atoms with Gasteiger partial charge in [-0.05, 0) is 50.2 Å². The Morgan fingerprint density at radius 1 is 1.32 bits per heavy atom. The molecular formula is C19H24N4O2. The van der Waals surface area contributed by atoms with Crippen molar-refractivity contribution in [1.82, 2.24) is 14.9 Å². The Labute approximate surface area is 147 Å². The zero-order chi connectivity index (χ0) is 17.4. The van der Waals surface area contributed by atoms with Crippen molar-refractivity contribution in [1.29, 1.82) is 0 Å². The molecule has 0 radical (unpaired) electrons. The maximum Gasteiger partial charge on any atom is 0.317 e. The van der Waals surface area contributed by atoms with Crippen LogP contribution in [0.3, 0.4) is 0 Å². The number of hydrogen-bond acceptors (Lipinski definition) is 5. The standard InChI is InChI=1S/C19H24N4O2/c1-12-3-2-4-16-18(12)19(21-11-20-16)22-14-7-15(8-14)23(10-17(24)25)9-13-5-6-13/h2-4,11,13-15H,5-10H2,1H3,(H,24,25)(H,20,21,22). The highest BCUT2D eigenvalue weighted by atomic mass is 16.4. The normalized spacial score (nSPS) is 22.8. The fourth-order valence-corrected chi connectivity index (χ4v) is 3.74. The quantitative estimate of drug-likeness (QED) is 0.807. The predicted molar refractivity (Wildman–Crippen MR) is 96.6 cm³/mol. The summed E-state index contributed by atoms with van der Waals surface area (Å²) in [6.07, 6.45) is 6.03. The zero-order valence-corrected chi connectivity index (χ0v) is 14.5. The summed E-state index contributed by atoms with van der Waals surface area (Å²) in [5.74, 6) is 0.868. The molecule has 0 bridgehead atoms. The Balaban J connectivity index is 1.41. The molecule has 0 amide bonds. The number of aliphatic carboxylic acids is 1. The van der Waals surface area contributed by atoms with E-state index in [2.05, 4.69) is 33.2 Å². The molecule has 1 aromatic heterocycles. The van der Waals surface area contributed by atoms with Gasteiger partial charge in [0.1, 0.15) is 12.1 Å². The van der Waals surface area contributed by atoms with Gasteiger partial charge in [0, 0.05) is 24.0 Å². The number of nitrogens with zero attached hydrogens (tertiary/aromatic N) is 3. The molecule has 2 aromatic rings. The van der Waals surface area contributed by atoms with Crippen LogP contribution in [0, 0.1) is 12.8 Å². The predicted octanol–water partition coefficient (Wildman–Crippen LogP) is 2.68. The van der Waals surface area contributed by atoms with Crippen molar-refractivity contribution in [3.63, 3.8) is 0 Å². The number of rotatable bonds is 7. The second-order valence-corrected chi connectivity index (χ2v) is 7.42. The lowest BCUT2D eigenvalue weighted by Crippen LogP contribution is -2.52. The number of benzene rings is 1. The van der Waals surface area contributed by atoms with Crippen LogP contribution in [0.25, 0.3) is 10.9 Å². The molecule has 0 saturated heterocycles. The van der Waals surface area contributed by atoms with Crippen LogP contribution in [0.1, 0.15) is 31.2 Å². The fourth-order valence-electron chi connectivity index (χ4n) is 3.74. The molecule has 0 aliphatic heterocycles. The van der Waals surface area contributed by atoms with E-state index in [0.717, 1.165) is 41.7 Å². The molecule has 25 heavy (non-hydrogen) atoms. The van der Waals surface area contributed by atoms with E-state index in [9.17, 15) is 4.79 Å². The van der Waals surface area contributed by atoms with Gasteiger partial charge in [-0.3, -0.25) is 9.69 Å². The second-order valence-electron chi connectivity index (χ2n) is 7.42. The molecule has 2 aliphatic carbocycles. The first kappa shape index (κ1) is 16.3. The second kappa shape index (κ2) is 6.59. The fraction of sp³-hybridized carbons (Fsp3) is 0.526. The van der Waals surface area contributed by atoms with Gasteiger partial charge in [-0.2, -0.15) is 0 Å². The first-order valence-corrected chi connectivity index (χ1v) is 9.03. The Bertz CT molecular complexity index is 779. The largest absolute Gasteiger partial charge is 0.480 e. The van der Waals surface area contributed by atoms with E-state index in [1.54, 1.807) is 6.33 Å². The van der Waals surface area contributed by atoms with Gasteiger partial charge in [0.2, 0.25) is 0 Å². The van der Waals surface area contributed by atoms with Gasteiger partial charge in [0.05, 0.1) is 12.1 Å². The van der Waals surface area contributed by atoms with Gasteiger partial charge in [-0.1, -0.05) is 12.1 Å².